The molecule has 3 rings (SSSR count). The number of nitrogens with one attached hydrogen (secondary N) is 2. The number of aromatic nitrogens is 2. The third-order valence-electron chi connectivity index (χ3n) is 8.18. The number of nitrogens with zero attached hydrogens (tertiary/aromatic N) is 5. The zero-order valence-electron chi connectivity index (χ0n) is 30.9. The number of hydroxylamine groups is 2. The first-order valence-electron chi connectivity index (χ1n) is 16.9. The number of urea groups is 1. The van der Waals surface area contributed by atoms with Gasteiger partial charge in [-0.15, -0.1) is 10.2 Å². The van der Waals surface area contributed by atoms with Crippen LogP contribution in [0.3, 0.4) is 0 Å². The van der Waals surface area contributed by atoms with E-state index in [0.29, 0.717) is 31.4 Å². The van der Waals surface area contributed by atoms with E-state index >= 15 is 0 Å². The molecule has 15 nitrogen and oxygen atoms in total. The number of carbonyl (C=O) groups is 3. The van der Waals surface area contributed by atoms with Gasteiger partial charge < -0.3 is 23.2 Å². The highest BCUT2D eigenvalue weighted by Crippen LogP contribution is 2.39. The molecule has 0 aromatic carbocycles. The Labute approximate surface area is 285 Å². The van der Waals surface area contributed by atoms with Crippen LogP contribution in [0.1, 0.15) is 113 Å². The van der Waals surface area contributed by atoms with Crippen LogP contribution in [-0.4, -0.2) is 95.7 Å². The van der Waals surface area contributed by atoms with Crippen LogP contribution in [0.25, 0.3) is 0 Å². The molecule has 2 aliphatic rings. The maximum atomic E-state index is 13.2. The molecule has 3 atom stereocenters. The van der Waals surface area contributed by atoms with E-state index in [1.54, 1.807) is 46.4 Å². The summed E-state index contributed by atoms with van der Waals surface area (Å²) in [7, 11) is -2.34. The van der Waals surface area contributed by atoms with Crippen molar-refractivity contribution in [1.82, 2.24) is 30.8 Å². The summed E-state index contributed by atoms with van der Waals surface area (Å²) in [6.45, 7) is 24.2. The van der Waals surface area contributed by atoms with Gasteiger partial charge in [0.15, 0.2) is 8.32 Å². The standard InChI is InChI=1S/C32H57N7O8Si/c1-13-14-17-43-39-21-15-16-23(38(20-21)29(39)42)25-37-36-24(44-25)18-22(47-48(11,12)32(8,9)10)19-33-26(34-27(40)45-30(2,3)4)35-28(41)46-31(5,6)7/h21-23H,13-20H2,1-12H3,(H2,33,34,35,40,41)/t21-,22?,23-/m0/s1. The lowest BCUT2D eigenvalue weighted by molar-refractivity contribution is -0.130. The van der Waals surface area contributed by atoms with Gasteiger partial charge in [0, 0.05) is 6.54 Å². The van der Waals surface area contributed by atoms with E-state index in [1.165, 1.54) is 5.06 Å². The Bertz CT molecular complexity index is 1270. The largest absolute Gasteiger partial charge is 0.444 e. The lowest BCUT2D eigenvalue weighted by atomic mass is 10.0. The Kier molecular flexibility index (Phi) is 12.7. The summed E-state index contributed by atoms with van der Waals surface area (Å²) in [6.07, 6.45) is 1.38. The molecule has 0 spiro atoms. The van der Waals surface area contributed by atoms with Crippen molar-refractivity contribution in [1.29, 1.82) is 0 Å². The summed E-state index contributed by atoms with van der Waals surface area (Å²) in [5, 5.41) is 15.1. The van der Waals surface area contributed by atoms with Gasteiger partial charge in [0.1, 0.15) is 17.2 Å². The van der Waals surface area contributed by atoms with Crippen LogP contribution in [0.2, 0.25) is 18.1 Å². The number of fused-ring (bicyclic) bond motifs is 2. The second-order valence-corrected chi connectivity index (χ2v) is 20.6. The number of amides is 4. The van der Waals surface area contributed by atoms with Gasteiger partial charge in [0.25, 0.3) is 0 Å². The number of rotatable bonds is 11. The van der Waals surface area contributed by atoms with E-state index in [1.807, 2.05) is 0 Å². The van der Waals surface area contributed by atoms with Crippen LogP contribution in [0.4, 0.5) is 14.4 Å². The van der Waals surface area contributed by atoms with Crippen molar-refractivity contribution >= 4 is 32.5 Å². The lowest BCUT2D eigenvalue weighted by Crippen LogP contribution is -2.48. The predicted octanol–water partition coefficient (Wildman–Crippen LogP) is 6.08. The van der Waals surface area contributed by atoms with Crippen LogP contribution in [-0.2, 0) is 25.2 Å². The minimum atomic E-state index is -2.34. The molecule has 16 heteroatoms. The molecule has 0 aliphatic carbocycles. The average molecular weight is 696 g/mol. The van der Waals surface area contributed by atoms with Gasteiger partial charge in [-0.25, -0.2) is 19.4 Å². The van der Waals surface area contributed by atoms with E-state index in [-0.39, 0.29) is 42.1 Å². The Morgan fingerprint density at radius 3 is 2.15 bits per heavy atom. The molecule has 2 N–H and O–H groups in total. The number of hydrogen-bond acceptors (Lipinski definition) is 11. The monoisotopic (exact) mass is 695 g/mol. The number of carbonyl (C=O) groups excluding carboxylic acids is 3. The summed E-state index contributed by atoms with van der Waals surface area (Å²) in [5.41, 5.74) is -1.55. The summed E-state index contributed by atoms with van der Waals surface area (Å²) < 4.78 is 23.7. The number of piperidine rings is 1. The van der Waals surface area contributed by atoms with Gasteiger partial charge in [-0.1, -0.05) is 34.1 Å². The first-order valence-corrected chi connectivity index (χ1v) is 19.8. The molecule has 0 saturated carbocycles. The fraction of sp³-hybridized carbons (Fsp3) is 0.812. The Balaban J connectivity index is 1.82. The zero-order valence-corrected chi connectivity index (χ0v) is 31.9. The van der Waals surface area contributed by atoms with Crippen LogP contribution in [0.15, 0.2) is 9.41 Å². The molecule has 1 aromatic heterocycles. The first kappa shape index (κ1) is 39.2. The minimum absolute atomic E-state index is 0.00556. The molecule has 0 radical (unpaired) electrons. The molecule has 1 unspecified atom stereocenters. The molecule has 4 amide bonds. The molecule has 3 heterocycles. The third kappa shape index (κ3) is 11.4. The van der Waals surface area contributed by atoms with Crippen LogP contribution in [0.5, 0.6) is 0 Å². The normalized spacial score (nSPS) is 19.2. The van der Waals surface area contributed by atoms with Gasteiger partial charge in [0.05, 0.1) is 31.7 Å². The third-order valence-corrected chi connectivity index (χ3v) is 12.7. The van der Waals surface area contributed by atoms with Crippen molar-refractivity contribution in [3.63, 3.8) is 0 Å². The Morgan fingerprint density at radius 1 is 1.00 bits per heavy atom. The SMILES string of the molecule is CCCCON1C(=O)N2C[C@@H]1CC[C@H]2c1nnc(CC(CN=C(NC(=O)OC(C)(C)C)NC(=O)OC(C)(C)C)O[Si](C)(C)C(C)(C)C)o1. The van der Waals surface area contributed by atoms with Crippen molar-refractivity contribution in [3.05, 3.63) is 11.8 Å². The summed E-state index contributed by atoms with van der Waals surface area (Å²) in [6, 6.07) is -0.532. The van der Waals surface area contributed by atoms with Gasteiger partial charge in [-0.2, -0.15) is 5.06 Å². The highest BCUT2D eigenvalue weighted by Gasteiger charge is 2.48. The Hall–Kier alpha value is -3.24. The van der Waals surface area contributed by atoms with Crippen molar-refractivity contribution in [3.8, 4) is 0 Å². The smallest absolute Gasteiger partial charge is 0.414 e. The topological polar surface area (TPSA) is 170 Å². The van der Waals surface area contributed by atoms with Crippen LogP contribution in [0, 0.1) is 0 Å². The molecule has 272 valence electrons. The fourth-order valence-corrected chi connectivity index (χ4v) is 6.23. The number of alkyl carbamates (subject to hydrolysis) is 2. The number of hydrogen-bond donors (Lipinski definition) is 2. The average Bonchev–Trinajstić information content (AvgIpc) is 3.47. The lowest BCUT2D eigenvalue weighted by Gasteiger charge is -2.38. The molecule has 48 heavy (non-hydrogen) atoms. The van der Waals surface area contributed by atoms with E-state index in [2.05, 4.69) is 66.6 Å². The van der Waals surface area contributed by atoms with Crippen LogP contribution < -0.4 is 10.6 Å². The van der Waals surface area contributed by atoms with Crippen molar-refractivity contribution in [2.24, 2.45) is 4.99 Å². The fourth-order valence-electron chi connectivity index (χ4n) is 4.88. The maximum Gasteiger partial charge on any atom is 0.414 e. The zero-order chi connectivity index (χ0) is 36.1. The maximum absolute atomic E-state index is 13.2. The van der Waals surface area contributed by atoms with Crippen molar-refractivity contribution in [2.75, 3.05) is 19.7 Å². The molecule has 1 aromatic rings. The van der Waals surface area contributed by atoms with Gasteiger partial charge in [0.2, 0.25) is 17.7 Å². The van der Waals surface area contributed by atoms with Gasteiger partial charge >= 0.3 is 18.2 Å². The highest BCUT2D eigenvalue weighted by molar-refractivity contribution is 6.74. The van der Waals surface area contributed by atoms with Gasteiger partial charge in [-0.05, 0) is 78.9 Å². The molecular formula is C32H57N7O8Si. The molecule has 2 bridgehead atoms. The van der Waals surface area contributed by atoms with E-state index in [9.17, 15) is 14.4 Å². The second-order valence-electron chi connectivity index (χ2n) is 15.9. The predicted molar refractivity (Wildman–Crippen MR) is 182 cm³/mol. The minimum Gasteiger partial charge on any atom is -0.444 e. The highest BCUT2D eigenvalue weighted by atomic mass is 28.4. The summed E-state index contributed by atoms with van der Waals surface area (Å²) >= 11 is 0. The van der Waals surface area contributed by atoms with E-state index < -0.39 is 37.8 Å². The number of unbranched alkanes of at least 4 members (excludes halogenated alkanes) is 1. The van der Waals surface area contributed by atoms with Crippen molar-refractivity contribution in [2.45, 2.75) is 149 Å². The van der Waals surface area contributed by atoms with Crippen molar-refractivity contribution < 1.29 is 37.5 Å². The number of ether oxygens (including phenoxy) is 2. The second kappa shape index (κ2) is 15.5. The molecule has 2 fully saturated rings. The molecule has 2 saturated heterocycles. The number of aliphatic imine (C=N–C) groups is 1. The summed E-state index contributed by atoms with van der Waals surface area (Å²) in [4.78, 5) is 50.6. The quantitative estimate of drug-likeness (QED) is 0.120. The molecular weight excluding hydrogens is 638 g/mol. The Morgan fingerprint density at radius 2 is 1.60 bits per heavy atom. The summed E-state index contributed by atoms with van der Waals surface area (Å²) in [5.74, 6) is 0.541. The first-order chi connectivity index (χ1) is 22.1. The molecule has 2 aliphatic heterocycles. The van der Waals surface area contributed by atoms with E-state index in [4.69, 9.17) is 23.2 Å². The van der Waals surface area contributed by atoms with Gasteiger partial charge in [-0.3, -0.25) is 15.5 Å². The number of guanidine groups is 1. The van der Waals surface area contributed by atoms with Crippen LogP contribution >= 0.6 is 0 Å². The van der Waals surface area contributed by atoms with E-state index in [0.717, 1.165) is 19.3 Å².